The van der Waals surface area contributed by atoms with Gasteiger partial charge in [0.15, 0.2) is 9.84 Å². The lowest BCUT2D eigenvalue weighted by Gasteiger charge is -2.18. The number of rotatable bonds is 6. The van der Waals surface area contributed by atoms with Gasteiger partial charge in [-0.3, -0.25) is 0 Å². The Morgan fingerprint density at radius 3 is 2.63 bits per heavy atom. The minimum absolute atomic E-state index is 0.0745. The average Bonchev–Trinajstić information content (AvgIpc) is 2.36. The Morgan fingerprint density at radius 1 is 1.37 bits per heavy atom. The summed E-state index contributed by atoms with van der Waals surface area (Å²) in [5.41, 5.74) is 0.372. The lowest BCUT2D eigenvalue weighted by molar-refractivity contribution is 0.311. The predicted molar refractivity (Wildman–Crippen MR) is 75.5 cm³/mol. The molecule has 0 aliphatic carbocycles. The van der Waals surface area contributed by atoms with Crippen LogP contribution in [-0.2, 0) is 9.84 Å². The Balaban J connectivity index is 2.73. The van der Waals surface area contributed by atoms with Crippen molar-refractivity contribution >= 4 is 9.84 Å². The minimum atomic E-state index is -3.32. The summed E-state index contributed by atoms with van der Waals surface area (Å²) < 4.78 is 24.3. The van der Waals surface area contributed by atoms with Crippen molar-refractivity contribution < 1.29 is 8.42 Å². The molecule has 1 aromatic carbocycles. The van der Waals surface area contributed by atoms with E-state index < -0.39 is 9.84 Å². The van der Waals surface area contributed by atoms with E-state index in [1.165, 1.54) is 6.07 Å². The van der Waals surface area contributed by atoms with Crippen molar-refractivity contribution in [3.63, 3.8) is 0 Å². The maximum atomic E-state index is 12.2. The highest BCUT2D eigenvalue weighted by Gasteiger charge is 2.16. The fourth-order valence-electron chi connectivity index (χ4n) is 1.87. The molecular formula is C14H20N2O2S. The predicted octanol–water partition coefficient (Wildman–Crippen LogP) is 1.92. The molecule has 0 radical (unpaired) electrons. The van der Waals surface area contributed by atoms with E-state index in [-0.39, 0.29) is 10.6 Å². The zero-order chi connectivity index (χ0) is 14.5. The first-order valence-corrected chi connectivity index (χ1v) is 7.92. The van der Waals surface area contributed by atoms with Crippen LogP contribution in [0, 0.1) is 17.2 Å². The zero-order valence-corrected chi connectivity index (χ0v) is 12.4. The van der Waals surface area contributed by atoms with Gasteiger partial charge in [0.1, 0.15) is 0 Å². The van der Waals surface area contributed by atoms with Crippen molar-refractivity contribution in [1.82, 2.24) is 4.90 Å². The Morgan fingerprint density at radius 2 is 2.05 bits per heavy atom. The molecule has 5 heteroatoms. The second-order valence-corrected chi connectivity index (χ2v) is 7.22. The van der Waals surface area contributed by atoms with Gasteiger partial charge in [-0.05, 0) is 31.2 Å². The van der Waals surface area contributed by atoms with Crippen LogP contribution in [0.15, 0.2) is 29.2 Å². The molecule has 0 unspecified atom stereocenters. The minimum Gasteiger partial charge on any atom is -0.305 e. The molecule has 0 atom stereocenters. The molecule has 19 heavy (non-hydrogen) atoms. The van der Waals surface area contributed by atoms with Crippen LogP contribution in [0.5, 0.6) is 0 Å². The zero-order valence-electron chi connectivity index (χ0n) is 11.6. The highest BCUT2D eigenvalue weighted by molar-refractivity contribution is 7.91. The summed E-state index contributed by atoms with van der Waals surface area (Å²) in [5.74, 6) is 0.583. The highest BCUT2D eigenvalue weighted by atomic mass is 32.2. The lowest BCUT2D eigenvalue weighted by atomic mass is 10.2. The van der Waals surface area contributed by atoms with Crippen molar-refractivity contribution in [3.05, 3.63) is 29.8 Å². The number of nitrogens with zero attached hydrogens (tertiary/aromatic N) is 2. The summed E-state index contributed by atoms with van der Waals surface area (Å²) in [7, 11) is -1.40. The molecule has 0 heterocycles. The number of hydrogen-bond donors (Lipinski definition) is 0. The molecular weight excluding hydrogens is 260 g/mol. The molecule has 1 aromatic rings. The van der Waals surface area contributed by atoms with Crippen LogP contribution in [0.1, 0.15) is 19.4 Å². The molecule has 0 bridgehead atoms. The first-order valence-electron chi connectivity index (χ1n) is 6.26. The number of nitriles is 1. The fraction of sp³-hybridized carbons (Fsp3) is 0.500. The number of hydrogen-bond acceptors (Lipinski definition) is 4. The Hall–Kier alpha value is -1.38. The molecule has 4 nitrogen and oxygen atoms in total. The molecule has 0 saturated heterocycles. The van der Waals surface area contributed by atoms with Gasteiger partial charge in [0.2, 0.25) is 0 Å². The van der Waals surface area contributed by atoms with Crippen molar-refractivity contribution in [3.8, 4) is 6.07 Å². The van der Waals surface area contributed by atoms with E-state index >= 15 is 0 Å². The van der Waals surface area contributed by atoms with Crippen LogP contribution < -0.4 is 0 Å². The van der Waals surface area contributed by atoms with E-state index in [1.807, 2.05) is 18.0 Å². The summed E-state index contributed by atoms with van der Waals surface area (Å²) in [6.45, 7) is 5.56. The molecule has 0 spiro atoms. The van der Waals surface area contributed by atoms with Gasteiger partial charge in [-0.1, -0.05) is 19.9 Å². The molecule has 0 aliphatic rings. The molecule has 0 fully saturated rings. The Bertz CT molecular complexity index is 559. The summed E-state index contributed by atoms with van der Waals surface area (Å²) in [4.78, 5) is 2.24. The van der Waals surface area contributed by atoms with E-state index in [1.54, 1.807) is 18.2 Å². The molecule has 0 N–H and O–H groups in total. The van der Waals surface area contributed by atoms with Crippen LogP contribution in [-0.4, -0.2) is 39.2 Å². The van der Waals surface area contributed by atoms with Gasteiger partial charge in [0.05, 0.1) is 22.3 Å². The van der Waals surface area contributed by atoms with Crippen LogP contribution in [0.3, 0.4) is 0 Å². The topological polar surface area (TPSA) is 61.2 Å². The largest absolute Gasteiger partial charge is 0.305 e. The standard InChI is InChI=1S/C14H20N2O2S/c1-12(2)11-16(3)7-8-19(17,18)14-6-4-5-13(9-14)10-15/h4-6,9,12H,7-8,11H2,1-3H3. The monoisotopic (exact) mass is 280 g/mol. The van der Waals surface area contributed by atoms with Crippen LogP contribution >= 0.6 is 0 Å². The molecule has 0 aromatic heterocycles. The maximum Gasteiger partial charge on any atom is 0.179 e. The third-order valence-electron chi connectivity index (χ3n) is 2.74. The van der Waals surface area contributed by atoms with Crippen molar-refractivity contribution in [2.24, 2.45) is 5.92 Å². The third kappa shape index (κ3) is 5.01. The second-order valence-electron chi connectivity index (χ2n) is 5.11. The van der Waals surface area contributed by atoms with Crippen molar-refractivity contribution in [2.45, 2.75) is 18.7 Å². The highest BCUT2D eigenvalue weighted by Crippen LogP contribution is 2.13. The van der Waals surface area contributed by atoms with E-state index in [4.69, 9.17) is 5.26 Å². The average molecular weight is 280 g/mol. The summed E-state index contributed by atoms with van der Waals surface area (Å²) in [6, 6.07) is 8.13. The van der Waals surface area contributed by atoms with Gasteiger partial charge < -0.3 is 4.90 Å². The quantitative estimate of drug-likeness (QED) is 0.798. The van der Waals surface area contributed by atoms with E-state index in [9.17, 15) is 8.42 Å². The SMILES string of the molecule is CC(C)CN(C)CCS(=O)(=O)c1cccc(C#N)c1. The molecule has 1 rings (SSSR count). The molecule has 0 amide bonds. The smallest absolute Gasteiger partial charge is 0.179 e. The van der Waals surface area contributed by atoms with Crippen LogP contribution in [0.25, 0.3) is 0 Å². The normalized spacial score (nSPS) is 11.8. The number of sulfone groups is 1. The van der Waals surface area contributed by atoms with Crippen LogP contribution in [0.2, 0.25) is 0 Å². The molecule has 104 valence electrons. The van der Waals surface area contributed by atoms with Crippen molar-refractivity contribution in [2.75, 3.05) is 25.9 Å². The lowest BCUT2D eigenvalue weighted by Crippen LogP contribution is -2.29. The van der Waals surface area contributed by atoms with Crippen LogP contribution in [0.4, 0.5) is 0 Å². The van der Waals surface area contributed by atoms with Gasteiger partial charge in [-0.25, -0.2) is 8.42 Å². The van der Waals surface area contributed by atoms with Gasteiger partial charge >= 0.3 is 0 Å². The molecule has 0 aliphatic heterocycles. The molecule has 0 saturated carbocycles. The Kier molecular flexibility index (Phi) is 5.52. The van der Waals surface area contributed by atoms with Gasteiger partial charge in [-0.15, -0.1) is 0 Å². The first-order chi connectivity index (χ1) is 8.85. The van der Waals surface area contributed by atoms with Gasteiger partial charge in [-0.2, -0.15) is 5.26 Å². The fourth-order valence-corrected chi connectivity index (χ4v) is 3.25. The van der Waals surface area contributed by atoms with Gasteiger partial charge in [0.25, 0.3) is 0 Å². The van der Waals surface area contributed by atoms with E-state index in [0.717, 1.165) is 6.54 Å². The third-order valence-corrected chi connectivity index (χ3v) is 4.43. The van der Waals surface area contributed by atoms with Crippen molar-refractivity contribution in [1.29, 1.82) is 5.26 Å². The summed E-state index contributed by atoms with van der Waals surface area (Å²) in [6.07, 6.45) is 0. The maximum absolute atomic E-state index is 12.2. The van der Waals surface area contributed by atoms with E-state index in [2.05, 4.69) is 13.8 Å². The summed E-state index contributed by atoms with van der Waals surface area (Å²) in [5, 5.41) is 8.79. The summed E-state index contributed by atoms with van der Waals surface area (Å²) >= 11 is 0. The van der Waals surface area contributed by atoms with Gasteiger partial charge in [0, 0.05) is 13.1 Å². The first kappa shape index (κ1) is 15.7. The Labute approximate surface area is 115 Å². The number of benzene rings is 1. The van der Waals surface area contributed by atoms with E-state index in [0.29, 0.717) is 18.0 Å². The second kappa shape index (κ2) is 6.69.